The van der Waals surface area contributed by atoms with Gasteiger partial charge in [-0.1, -0.05) is 23.9 Å². The molecule has 1 heterocycles. The average molecular weight is 201 g/mol. The summed E-state index contributed by atoms with van der Waals surface area (Å²) in [6.07, 6.45) is 3.35. The van der Waals surface area contributed by atoms with Crippen LogP contribution in [0.3, 0.4) is 0 Å². The van der Waals surface area contributed by atoms with E-state index >= 15 is 0 Å². The summed E-state index contributed by atoms with van der Waals surface area (Å²) in [5.74, 6) is 0.756. The van der Waals surface area contributed by atoms with Gasteiger partial charge in [0.05, 0.1) is 19.0 Å². The summed E-state index contributed by atoms with van der Waals surface area (Å²) < 4.78 is 6.93. The van der Waals surface area contributed by atoms with Crippen molar-refractivity contribution in [2.45, 2.75) is 0 Å². The Morgan fingerprint density at radius 1 is 1.40 bits per heavy atom. The number of nitrogens with zero attached hydrogens (tertiary/aromatic N) is 3. The van der Waals surface area contributed by atoms with Crippen LogP contribution in [0.4, 0.5) is 0 Å². The van der Waals surface area contributed by atoms with E-state index in [2.05, 4.69) is 16.9 Å². The van der Waals surface area contributed by atoms with Crippen LogP contribution in [0, 0.1) is 0 Å². The number of benzene rings is 1. The molecule has 0 spiro atoms. The second kappa shape index (κ2) is 3.96. The fraction of sp³-hybridized carbons (Fsp3) is 0.0909. The summed E-state index contributed by atoms with van der Waals surface area (Å²) in [5, 5.41) is 7.81. The molecule has 1 aromatic heterocycles. The maximum Gasteiger partial charge on any atom is 0.144 e. The van der Waals surface area contributed by atoms with E-state index in [-0.39, 0.29) is 0 Å². The highest BCUT2D eigenvalue weighted by Gasteiger charge is 2.07. The van der Waals surface area contributed by atoms with E-state index in [1.807, 2.05) is 24.3 Å². The second-order valence-corrected chi connectivity index (χ2v) is 2.95. The van der Waals surface area contributed by atoms with Gasteiger partial charge >= 0.3 is 0 Å². The van der Waals surface area contributed by atoms with Crippen LogP contribution < -0.4 is 4.74 Å². The van der Waals surface area contributed by atoms with Gasteiger partial charge < -0.3 is 4.74 Å². The summed E-state index contributed by atoms with van der Waals surface area (Å²) in [7, 11) is 1.63. The van der Waals surface area contributed by atoms with Crippen molar-refractivity contribution in [2.24, 2.45) is 0 Å². The lowest BCUT2D eigenvalue weighted by atomic mass is 10.3. The van der Waals surface area contributed by atoms with Crippen LogP contribution in [0.5, 0.6) is 5.75 Å². The van der Waals surface area contributed by atoms with Crippen molar-refractivity contribution in [2.75, 3.05) is 7.11 Å². The molecule has 76 valence electrons. The molecule has 2 rings (SSSR count). The number of methoxy groups -OCH3 is 1. The van der Waals surface area contributed by atoms with Gasteiger partial charge in [-0.05, 0) is 18.2 Å². The predicted octanol–water partition coefficient (Wildman–Crippen LogP) is 1.92. The normalized spacial score (nSPS) is 9.93. The number of ether oxygens (including phenoxy) is 1. The average Bonchev–Trinajstić information content (AvgIpc) is 2.76. The van der Waals surface area contributed by atoms with Gasteiger partial charge in [-0.15, -0.1) is 5.10 Å². The zero-order chi connectivity index (χ0) is 10.7. The highest BCUT2D eigenvalue weighted by molar-refractivity contribution is 5.51. The Balaban J connectivity index is 2.58. The van der Waals surface area contributed by atoms with Crippen molar-refractivity contribution in [3.05, 3.63) is 42.7 Å². The van der Waals surface area contributed by atoms with Gasteiger partial charge in [-0.25, -0.2) is 4.68 Å². The summed E-state index contributed by atoms with van der Waals surface area (Å²) in [5.41, 5.74) is 1.69. The van der Waals surface area contributed by atoms with Crippen LogP contribution >= 0.6 is 0 Å². The lowest BCUT2D eigenvalue weighted by Crippen LogP contribution is -2.01. The van der Waals surface area contributed by atoms with Gasteiger partial charge in [0, 0.05) is 0 Å². The van der Waals surface area contributed by atoms with Gasteiger partial charge in [-0.3, -0.25) is 0 Å². The van der Waals surface area contributed by atoms with Crippen molar-refractivity contribution in [1.29, 1.82) is 0 Å². The molecule has 0 aliphatic carbocycles. The Hall–Kier alpha value is -2.10. The molecule has 0 unspecified atom stereocenters. The van der Waals surface area contributed by atoms with Crippen molar-refractivity contribution in [1.82, 2.24) is 15.0 Å². The maximum atomic E-state index is 5.25. The van der Waals surface area contributed by atoms with E-state index in [1.165, 1.54) is 0 Å². The molecular formula is C11H11N3O. The minimum Gasteiger partial charge on any atom is -0.494 e. The summed E-state index contributed by atoms with van der Waals surface area (Å²) in [6.45, 7) is 3.70. The molecule has 0 aliphatic rings. The molecule has 15 heavy (non-hydrogen) atoms. The number of rotatable bonds is 3. The summed E-state index contributed by atoms with van der Waals surface area (Å²) >= 11 is 0. The zero-order valence-corrected chi connectivity index (χ0v) is 8.42. The van der Waals surface area contributed by atoms with Crippen LogP contribution in [-0.4, -0.2) is 22.1 Å². The van der Waals surface area contributed by atoms with E-state index in [0.717, 1.165) is 17.1 Å². The predicted molar refractivity (Wildman–Crippen MR) is 58.0 cm³/mol. The van der Waals surface area contributed by atoms with Gasteiger partial charge in [0.1, 0.15) is 11.4 Å². The first kappa shape index (κ1) is 9.45. The van der Waals surface area contributed by atoms with Crippen molar-refractivity contribution in [3.63, 3.8) is 0 Å². The molecule has 4 heteroatoms. The number of hydrogen-bond acceptors (Lipinski definition) is 3. The number of hydrogen-bond donors (Lipinski definition) is 0. The standard InChI is InChI=1S/C11H11N3O/c1-3-9-8-12-13-14(9)10-6-4-5-7-11(10)15-2/h3-8H,1H2,2H3. The van der Waals surface area contributed by atoms with Crippen molar-refractivity contribution < 1.29 is 4.74 Å². The van der Waals surface area contributed by atoms with Crippen LogP contribution in [0.25, 0.3) is 11.8 Å². The molecule has 0 saturated heterocycles. The molecule has 0 bridgehead atoms. The van der Waals surface area contributed by atoms with Gasteiger partial charge in [0.15, 0.2) is 0 Å². The Kier molecular flexibility index (Phi) is 2.49. The molecule has 0 aliphatic heterocycles. The third-order valence-electron chi connectivity index (χ3n) is 2.10. The first-order valence-electron chi connectivity index (χ1n) is 4.53. The van der Waals surface area contributed by atoms with E-state index in [9.17, 15) is 0 Å². The third-order valence-corrected chi connectivity index (χ3v) is 2.10. The van der Waals surface area contributed by atoms with Crippen LogP contribution in [0.2, 0.25) is 0 Å². The molecule has 0 saturated carbocycles. The Bertz CT molecular complexity index is 476. The Labute approximate surface area is 87.8 Å². The minimum absolute atomic E-state index is 0.756. The highest BCUT2D eigenvalue weighted by atomic mass is 16.5. The highest BCUT2D eigenvalue weighted by Crippen LogP contribution is 2.22. The first-order chi connectivity index (χ1) is 7.36. The van der Waals surface area contributed by atoms with Crippen LogP contribution in [0.15, 0.2) is 37.0 Å². The van der Waals surface area contributed by atoms with Crippen molar-refractivity contribution in [3.8, 4) is 11.4 Å². The molecule has 0 amide bonds. The van der Waals surface area contributed by atoms with E-state index < -0.39 is 0 Å². The van der Waals surface area contributed by atoms with E-state index in [4.69, 9.17) is 4.74 Å². The summed E-state index contributed by atoms with van der Waals surface area (Å²) in [6, 6.07) is 7.63. The maximum absolute atomic E-state index is 5.25. The zero-order valence-electron chi connectivity index (χ0n) is 8.42. The monoisotopic (exact) mass is 201 g/mol. The molecule has 1 aromatic carbocycles. The van der Waals surface area contributed by atoms with E-state index in [1.54, 1.807) is 24.1 Å². The molecule has 0 fully saturated rings. The second-order valence-electron chi connectivity index (χ2n) is 2.95. The van der Waals surface area contributed by atoms with Crippen LogP contribution in [0.1, 0.15) is 5.69 Å². The molecule has 2 aromatic rings. The van der Waals surface area contributed by atoms with E-state index in [0.29, 0.717) is 0 Å². The molecular weight excluding hydrogens is 190 g/mol. The van der Waals surface area contributed by atoms with Gasteiger partial charge in [-0.2, -0.15) is 0 Å². The lowest BCUT2D eigenvalue weighted by Gasteiger charge is -2.08. The largest absolute Gasteiger partial charge is 0.494 e. The summed E-state index contributed by atoms with van der Waals surface area (Å²) in [4.78, 5) is 0. The quantitative estimate of drug-likeness (QED) is 0.761. The first-order valence-corrected chi connectivity index (χ1v) is 4.53. The Morgan fingerprint density at radius 2 is 2.20 bits per heavy atom. The Morgan fingerprint density at radius 3 is 2.93 bits per heavy atom. The third kappa shape index (κ3) is 1.61. The smallest absolute Gasteiger partial charge is 0.144 e. The molecule has 0 radical (unpaired) electrons. The van der Waals surface area contributed by atoms with Crippen LogP contribution in [-0.2, 0) is 0 Å². The number of para-hydroxylation sites is 2. The molecule has 0 N–H and O–H groups in total. The van der Waals surface area contributed by atoms with Gasteiger partial charge in [0.2, 0.25) is 0 Å². The fourth-order valence-corrected chi connectivity index (χ4v) is 1.37. The minimum atomic E-state index is 0.756. The topological polar surface area (TPSA) is 39.9 Å². The lowest BCUT2D eigenvalue weighted by molar-refractivity contribution is 0.411. The molecule has 4 nitrogen and oxygen atoms in total. The SMILES string of the molecule is C=Cc1cnnn1-c1ccccc1OC. The fourth-order valence-electron chi connectivity index (χ4n) is 1.37. The molecule has 0 atom stereocenters. The van der Waals surface area contributed by atoms with Gasteiger partial charge in [0.25, 0.3) is 0 Å². The van der Waals surface area contributed by atoms with Crippen molar-refractivity contribution >= 4 is 6.08 Å². The number of aromatic nitrogens is 3.